The third-order valence-electron chi connectivity index (χ3n) is 13.4. The lowest BCUT2D eigenvalue weighted by atomic mass is 9.94. The molecule has 0 amide bonds. The van der Waals surface area contributed by atoms with Gasteiger partial charge in [0.05, 0.1) is 47.9 Å². The van der Waals surface area contributed by atoms with E-state index in [1.807, 2.05) is 48.5 Å². The van der Waals surface area contributed by atoms with E-state index < -0.39 is 15.4 Å². The van der Waals surface area contributed by atoms with Gasteiger partial charge in [-0.2, -0.15) is 5.26 Å². The van der Waals surface area contributed by atoms with Crippen molar-refractivity contribution in [3.63, 3.8) is 0 Å². The van der Waals surface area contributed by atoms with Crippen molar-refractivity contribution in [3.8, 4) is 40.2 Å². The average Bonchev–Trinajstić information content (AvgIpc) is 3.43. The second kappa shape index (κ2) is 33.9. The summed E-state index contributed by atoms with van der Waals surface area (Å²) in [6.07, 6.45) is 21.4. The molecule has 0 atom stereocenters. The molecular formula is C64H83NO10S. The summed E-state index contributed by atoms with van der Waals surface area (Å²) in [6, 6.07) is 36.0. The van der Waals surface area contributed by atoms with E-state index in [1.54, 1.807) is 87.7 Å². The fourth-order valence-electron chi connectivity index (χ4n) is 8.80. The lowest BCUT2D eigenvalue weighted by Crippen LogP contribution is -2.35. The van der Waals surface area contributed by atoms with Gasteiger partial charge in [-0.15, -0.1) is 0 Å². The maximum Gasteiger partial charge on any atom is 0.206 e. The van der Waals surface area contributed by atoms with Crippen LogP contribution in [0.25, 0.3) is 11.1 Å². The van der Waals surface area contributed by atoms with Crippen LogP contribution < -0.4 is 18.9 Å². The van der Waals surface area contributed by atoms with Crippen molar-refractivity contribution in [3.05, 3.63) is 132 Å². The third kappa shape index (κ3) is 21.9. The Bertz CT molecular complexity index is 2610. The van der Waals surface area contributed by atoms with Crippen LogP contribution in [-0.4, -0.2) is 72.3 Å². The number of ether oxygens (including phenoxy) is 6. The normalized spacial score (nSPS) is 11.5. The Kier molecular flexibility index (Phi) is 27.2. The van der Waals surface area contributed by atoms with Crippen LogP contribution in [0.4, 0.5) is 0 Å². The molecule has 0 heterocycles. The number of ketones is 2. The standard InChI is InChI=1S/C64H83NO10S/c1-51(66)55-47-56(49-60(48-55)74-45-23-18-17-22-44-71-57-31-29-54(30-32-57)53-27-25-52(50-65)26-28-53)63(67)64(2,3)75-46-24-16-12-8-7-11-15-21-43-73-59-35-39-62(40-36-59)76(68,69)61-37-33-58(34-38-61)72-42-20-14-10-6-5-9-13-19-41-70-4/h25-40,47-49H,5-24,41-46H2,1-4H3. The first-order valence-corrected chi connectivity index (χ1v) is 29.3. The smallest absolute Gasteiger partial charge is 0.206 e. The molecule has 11 nitrogen and oxygen atoms in total. The largest absolute Gasteiger partial charge is 0.494 e. The lowest BCUT2D eigenvalue weighted by molar-refractivity contribution is -0.00590. The number of carbonyl (C=O) groups excluding carboxylic acids is 2. The monoisotopic (exact) mass is 1060 g/mol. The molecule has 0 spiro atoms. The van der Waals surface area contributed by atoms with Crippen molar-refractivity contribution >= 4 is 21.4 Å². The number of nitriles is 1. The van der Waals surface area contributed by atoms with Gasteiger partial charge >= 0.3 is 0 Å². The minimum absolute atomic E-state index is 0.134. The molecule has 0 radical (unpaired) electrons. The van der Waals surface area contributed by atoms with Crippen molar-refractivity contribution in [1.82, 2.24) is 0 Å². The Labute approximate surface area is 454 Å². The Balaban J connectivity index is 0.874. The summed E-state index contributed by atoms with van der Waals surface area (Å²) < 4.78 is 61.7. The highest BCUT2D eigenvalue weighted by Crippen LogP contribution is 2.28. The molecule has 0 N–H and O–H groups in total. The fourth-order valence-corrected chi connectivity index (χ4v) is 10.1. The summed E-state index contributed by atoms with van der Waals surface area (Å²) >= 11 is 0. The minimum Gasteiger partial charge on any atom is -0.494 e. The van der Waals surface area contributed by atoms with Gasteiger partial charge in [0.1, 0.15) is 28.6 Å². The zero-order chi connectivity index (χ0) is 54.3. The van der Waals surface area contributed by atoms with Crippen LogP contribution >= 0.6 is 0 Å². The molecule has 0 aromatic heterocycles. The van der Waals surface area contributed by atoms with Gasteiger partial charge in [0, 0.05) is 31.5 Å². The fraction of sp³-hybridized carbons (Fsp3) is 0.484. The van der Waals surface area contributed by atoms with Gasteiger partial charge in [-0.25, -0.2) is 8.42 Å². The quantitative estimate of drug-likeness (QED) is 0.0273. The van der Waals surface area contributed by atoms with E-state index in [0.717, 1.165) is 120 Å². The van der Waals surface area contributed by atoms with E-state index >= 15 is 0 Å². The number of methoxy groups -OCH3 is 1. The van der Waals surface area contributed by atoms with Gasteiger partial charge in [0.2, 0.25) is 9.84 Å². The maximum atomic E-state index is 13.7. The van der Waals surface area contributed by atoms with Crippen LogP contribution in [0.5, 0.6) is 23.0 Å². The van der Waals surface area contributed by atoms with E-state index in [4.69, 9.17) is 33.7 Å². The van der Waals surface area contributed by atoms with Gasteiger partial charge in [0.15, 0.2) is 11.6 Å². The summed E-state index contributed by atoms with van der Waals surface area (Å²) in [7, 11) is -1.91. The molecule has 0 aliphatic heterocycles. The average molecular weight is 1060 g/mol. The van der Waals surface area contributed by atoms with Gasteiger partial charge in [-0.1, -0.05) is 101 Å². The minimum atomic E-state index is -3.66. The molecule has 410 valence electrons. The molecule has 5 aromatic rings. The van der Waals surface area contributed by atoms with Crippen LogP contribution in [0.3, 0.4) is 0 Å². The maximum absolute atomic E-state index is 13.7. The molecule has 0 aliphatic carbocycles. The zero-order valence-corrected chi connectivity index (χ0v) is 46.6. The lowest BCUT2D eigenvalue weighted by Gasteiger charge is -2.24. The van der Waals surface area contributed by atoms with Gasteiger partial charge in [-0.3, -0.25) is 9.59 Å². The molecule has 5 aromatic carbocycles. The van der Waals surface area contributed by atoms with E-state index in [9.17, 15) is 18.0 Å². The van der Waals surface area contributed by atoms with Crippen LogP contribution in [0, 0.1) is 11.3 Å². The summed E-state index contributed by atoms with van der Waals surface area (Å²) in [4.78, 5) is 26.6. The summed E-state index contributed by atoms with van der Waals surface area (Å²) in [5.41, 5.74) is 2.54. The highest BCUT2D eigenvalue weighted by Gasteiger charge is 2.30. The van der Waals surface area contributed by atoms with Crippen molar-refractivity contribution in [1.29, 1.82) is 5.26 Å². The Morgan fingerprint density at radius 3 is 1.18 bits per heavy atom. The molecule has 12 heteroatoms. The van der Waals surface area contributed by atoms with Crippen molar-refractivity contribution in [2.24, 2.45) is 0 Å². The third-order valence-corrected chi connectivity index (χ3v) is 15.2. The topological polar surface area (TPSA) is 147 Å². The summed E-state index contributed by atoms with van der Waals surface area (Å²) in [5.74, 6) is 2.33. The zero-order valence-electron chi connectivity index (χ0n) is 45.8. The Morgan fingerprint density at radius 1 is 0.447 bits per heavy atom. The highest BCUT2D eigenvalue weighted by atomic mass is 32.2. The molecule has 0 saturated carbocycles. The molecule has 5 rings (SSSR count). The first-order valence-electron chi connectivity index (χ1n) is 27.8. The van der Waals surface area contributed by atoms with Crippen LogP contribution in [0.1, 0.15) is 175 Å². The van der Waals surface area contributed by atoms with E-state index in [-0.39, 0.29) is 21.4 Å². The number of carbonyl (C=O) groups is 2. The molecular weight excluding hydrogens is 975 g/mol. The summed E-state index contributed by atoms with van der Waals surface area (Å²) in [5, 5.41) is 9.03. The Morgan fingerprint density at radius 2 is 0.789 bits per heavy atom. The van der Waals surface area contributed by atoms with E-state index in [1.165, 1.54) is 39.0 Å². The van der Waals surface area contributed by atoms with Crippen LogP contribution in [0.2, 0.25) is 0 Å². The Hall–Kier alpha value is -6.00. The van der Waals surface area contributed by atoms with Gasteiger partial charge in [0.25, 0.3) is 0 Å². The second-order valence-electron chi connectivity index (χ2n) is 20.1. The van der Waals surface area contributed by atoms with Crippen molar-refractivity contribution in [2.45, 2.75) is 165 Å². The van der Waals surface area contributed by atoms with Crippen LogP contribution in [-0.2, 0) is 19.3 Å². The summed E-state index contributed by atoms with van der Waals surface area (Å²) in [6.45, 7) is 8.65. The van der Waals surface area contributed by atoms with Crippen molar-refractivity contribution < 1.29 is 46.4 Å². The number of unbranched alkanes of at least 4 members (excludes halogenated alkanes) is 17. The van der Waals surface area contributed by atoms with E-state index in [0.29, 0.717) is 67.0 Å². The second-order valence-corrected chi connectivity index (χ2v) is 22.1. The number of hydrogen-bond acceptors (Lipinski definition) is 11. The van der Waals surface area contributed by atoms with Crippen molar-refractivity contribution in [2.75, 3.05) is 46.8 Å². The first kappa shape index (κ1) is 60.9. The molecule has 0 fully saturated rings. The highest BCUT2D eigenvalue weighted by molar-refractivity contribution is 7.91. The number of nitrogens with zero attached hydrogens (tertiary/aromatic N) is 1. The number of Topliss-reactive ketones (excluding diaryl/α,β-unsaturated/α-hetero) is 2. The number of benzene rings is 5. The number of rotatable bonds is 40. The molecule has 0 aliphatic rings. The molecule has 0 saturated heterocycles. The first-order chi connectivity index (χ1) is 36.9. The van der Waals surface area contributed by atoms with Gasteiger partial charge < -0.3 is 28.4 Å². The van der Waals surface area contributed by atoms with E-state index in [2.05, 4.69) is 6.07 Å². The predicted molar refractivity (Wildman–Crippen MR) is 302 cm³/mol. The number of sulfone groups is 1. The molecule has 0 bridgehead atoms. The number of hydrogen-bond donors (Lipinski definition) is 0. The molecule has 0 unspecified atom stereocenters. The SMILES string of the molecule is COCCCCCCCCCCOc1ccc(S(=O)(=O)c2ccc(OCCCCCCCCCCOC(C)(C)C(=O)c3cc(OCCCCCCOc4ccc(-c5ccc(C#N)cc5)cc4)cc(C(C)=O)c3)cc2)cc1. The van der Waals surface area contributed by atoms with Crippen LogP contribution in [0.15, 0.2) is 125 Å². The predicted octanol–water partition coefficient (Wildman–Crippen LogP) is 15.6. The molecule has 76 heavy (non-hydrogen) atoms. The van der Waals surface area contributed by atoms with Gasteiger partial charge in [-0.05, 0) is 174 Å².